The second kappa shape index (κ2) is 6.03. The van der Waals surface area contributed by atoms with Gasteiger partial charge < -0.3 is 10.4 Å². The molecule has 98 valence electrons. The summed E-state index contributed by atoms with van der Waals surface area (Å²) in [5, 5.41) is 11.7. The number of carboxylic acid groups (broad SMARTS) is 1. The van der Waals surface area contributed by atoms with Crippen LogP contribution in [0.4, 0.5) is 0 Å². The quantitative estimate of drug-likeness (QED) is 0.791. The molecular formula is C13H23NO3. The monoisotopic (exact) mass is 241 g/mol. The molecule has 4 heteroatoms. The van der Waals surface area contributed by atoms with Crippen molar-refractivity contribution in [1.82, 2.24) is 5.32 Å². The van der Waals surface area contributed by atoms with E-state index in [-0.39, 0.29) is 17.7 Å². The van der Waals surface area contributed by atoms with Gasteiger partial charge in [-0.3, -0.25) is 4.79 Å². The maximum absolute atomic E-state index is 12.1. The van der Waals surface area contributed by atoms with Gasteiger partial charge in [0.05, 0.1) is 0 Å². The van der Waals surface area contributed by atoms with E-state index in [4.69, 9.17) is 5.11 Å². The lowest BCUT2D eigenvalue weighted by Gasteiger charge is -2.29. The number of carbonyl (C=O) groups excluding carboxylic acids is 1. The van der Waals surface area contributed by atoms with E-state index >= 15 is 0 Å². The van der Waals surface area contributed by atoms with Crippen molar-refractivity contribution in [3.63, 3.8) is 0 Å². The number of aliphatic carboxylic acids is 1. The maximum Gasteiger partial charge on any atom is 0.326 e. The third-order valence-electron chi connectivity index (χ3n) is 3.68. The molecule has 3 atom stereocenters. The average Bonchev–Trinajstić information content (AvgIpc) is 2.25. The number of hydrogen-bond acceptors (Lipinski definition) is 2. The normalized spacial score (nSPS) is 26.6. The Hall–Kier alpha value is -1.06. The van der Waals surface area contributed by atoms with Gasteiger partial charge in [-0.1, -0.05) is 33.6 Å². The zero-order chi connectivity index (χ0) is 13.0. The lowest BCUT2D eigenvalue weighted by Crippen LogP contribution is -2.48. The third-order valence-corrected chi connectivity index (χ3v) is 3.68. The molecule has 0 aliphatic heterocycles. The van der Waals surface area contributed by atoms with Crippen molar-refractivity contribution >= 4 is 11.9 Å². The SMILES string of the molecule is CC(C)C(NC(=O)C1CCCCC1C)C(=O)O. The Morgan fingerprint density at radius 2 is 1.82 bits per heavy atom. The van der Waals surface area contributed by atoms with Crippen molar-refractivity contribution in [3.8, 4) is 0 Å². The van der Waals surface area contributed by atoms with Crippen LogP contribution in [0.2, 0.25) is 0 Å². The molecule has 0 radical (unpaired) electrons. The van der Waals surface area contributed by atoms with Crippen LogP contribution >= 0.6 is 0 Å². The molecule has 3 unspecified atom stereocenters. The van der Waals surface area contributed by atoms with Crippen LogP contribution in [0, 0.1) is 17.8 Å². The number of rotatable bonds is 4. The summed E-state index contributed by atoms with van der Waals surface area (Å²) >= 11 is 0. The van der Waals surface area contributed by atoms with Gasteiger partial charge >= 0.3 is 5.97 Å². The van der Waals surface area contributed by atoms with E-state index in [0.29, 0.717) is 5.92 Å². The number of nitrogens with one attached hydrogen (secondary N) is 1. The topological polar surface area (TPSA) is 66.4 Å². The Kier molecular flexibility index (Phi) is 4.97. The molecule has 1 saturated carbocycles. The van der Waals surface area contributed by atoms with Gasteiger partial charge in [-0.25, -0.2) is 4.79 Å². The summed E-state index contributed by atoms with van der Waals surface area (Å²) in [5.74, 6) is -0.764. The van der Waals surface area contributed by atoms with Crippen molar-refractivity contribution in [3.05, 3.63) is 0 Å². The summed E-state index contributed by atoms with van der Waals surface area (Å²) in [6.07, 6.45) is 4.20. The smallest absolute Gasteiger partial charge is 0.326 e. The molecule has 1 aliphatic rings. The molecule has 4 nitrogen and oxygen atoms in total. The first kappa shape index (κ1) is 14.0. The van der Waals surface area contributed by atoms with Crippen LogP contribution in [0.1, 0.15) is 46.5 Å². The molecule has 0 aromatic carbocycles. The Morgan fingerprint density at radius 1 is 1.24 bits per heavy atom. The zero-order valence-electron chi connectivity index (χ0n) is 10.9. The van der Waals surface area contributed by atoms with Crippen molar-refractivity contribution in [2.75, 3.05) is 0 Å². The molecule has 0 heterocycles. The van der Waals surface area contributed by atoms with Crippen LogP contribution in [-0.4, -0.2) is 23.0 Å². The molecule has 1 fully saturated rings. The van der Waals surface area contributed by atoms with Gasteiger partial charge in [-0.05, 0) is 24.7 Å². The molecule has 0 bridgehead atoms. The van der Waals surface area contributed by atoms with Crippen molar-refractivity contribution in [2.45, 2.75) is 52.5 Å². The van der Waals surface area contributed by atoms with E-state index in [0.717, 1.165) is 19.3 Å². The van der Waals surface area contributed by atoms with E-state index in [1.54, 1.807) is 0 Å². The number of hydrogen-bond donors (Lipinski definition) is 2. The fraction of sp³-hybridized carbons (Fsp3) is 0.846. The molecule has 0 aromatic heterocycles. The van der Waals surface area contributed by atoms with Crippen molar-refractivity contribution in [2.24, 2.45) is 17.8 Å². The lowest BCUT2D eigenvalue weighted by atomic mass is 9.79. The van der Waals surface area contributed by atoms with Crippen LogP contribution in [0.15, 0.2) is 0 Å². The minimum atomic E-state index is -0.947. The molecule has 0 aromatic rings. The second-order valence-corrected chi connectivity index (χ2v) is 5.44. The fourth-order valence-corrected chi connectivity index (χ4v) is 2.48. The predicted molar refractivity (Wildman–Crippen MR) is 65.5 cm³/mol. The van der Waals surface area contributed by atoms with Gasteiger partial charge in [-0.2, -0.15) is 0 Å². The molecule has 0 saturated heterocycles. The van der Waals surface area contributed by atoms with E-state index < -0.39 is 12.0 Å². The lowest BCUT2D eigenvalue weighted by molar-refractivity contribution is -0.144. The van der Waals surface area contributed by atoms with Crippen LogP contribution in [0.5, 0.6) is 0 Å². The highest BCUT2D eigenvalue weighted by Crippen LogP contribution is 2.29. The van der Waals surface area contributed by atoms with Crippen LogP contribution in [0.3, 0.4) is 0 Å². The second-order valence-electron chi connectivity index (χ2n) is 5.44. The summed E-state index contributed by atoms with van der Waals surface area (Å²) in [7, 11) is 0. The Morgan fingerprint density at radius 3 is 2.29 bits per heavy atom. The summed E-state index contributed by atoms with van der Waals surface area (Å²) in [6, 6.07) is -0.767. The largest absolute Gasteiger partial charge is 0.480 e. The summed E-state index contributed by atoms with van der Waals surface area (Å²) in [5.41, 5.74) is 0. The van der Waals surface area contributed by atoms with Gasteiger partial charge in [0.15, 0.2) is 0 Å². The minimum absolute atomic E-state index is 0.00986. The first-order valence-corrected chi connectivity index (χ1v) is 6.46. The van der Waals surface area contributed by atoms with Gasteiger partial charge in [0.25, 0.3) is 0 Å². The fourth-order valence-electron chi connectivity index (χ4n) is 2.48. The van der Waals surface area contributed by atoms with E-state index in [9.17, 15) is 9.59 Å². The van der Waals surface area contributed by atoms with Crippen LogP contribution in [0.25, 0.3) is 0 Å². The highest BCUT2D eigenvalue weighted by molar-refractivity contribution is 5.85. The molecule has 1 rings (SSSR count). The Labute approximate surface area is 103 Å². The van der Waals surface area contributed by atoms with Gasteiger partial charge in [0.1, 0.15) is 6.04 Å². The standard InChI is InChI=1S/C13H23NO3/c1-8(2)11(13(16)17)14-12(15)10-7-5-4-6-9(10)3/h8-11H,4-7H2,1-3H3,(H,14,15)(H,16,17). The Balaban J connectivity index is 2.60. The van der Waals surface area contributed by atoms with Crippen molar-refractivity contribution < 1.29 is 14.7 Å². The van der Waals surface area contributed by atoms with Gasteiger partial charge in [0.2, 0.25) is 5.91 Å². The van der Waals surface area contributed by atoms with Crippen molar-refractivity contribution in [1.29, 1.82) is 0 Å². The van der Waals surface area contributed by atoms with E-state index in [1.165, 1.54) is 6.42 Å². The summed E-state index contributed by atoms with van der Waals surface area (Å²) < 4.78 is 0. The summed E-state index contributed by atoms with van der Waals surface area (Å²) in [6.45, 7) is 5.70. The number of carbonyl (C=O) groups is 2. The first-order chi connectivity index (χ1) is 7.93. The Bertz CT molecular complexity index is 288. The number of amides is 1. The first-order valence-electron chi connectivity index (χ1n) is 6.46. The van der Waals surface area contributed by atoms with E-state index in [1.807, 2.05) is 13.8 Å². The molecule has 1 amide bonds. The molecular weight excluding hydrogens is 218 g/mol. The number of carboxylic acids is 1. The summed E-state index contributed by atoms with van der Waals surface area (Å²) in [4.78, 5) is 23.1. The van der Waals surface area contributed by atoms with Crippen LogP contribution < -0.4 is 5.32 Å². The predicted octanol–water partition coefficient (Wildman–Crippen LogP) is 2.04. The molecule has 2 N–H and O–H groups in total. The van der Waals surface area contributed by atoms with Gasteiger partial charge in [0, 0.05) is 5.92 Å². The average molecular weight is 241 g/mol. The third kappa shape index (κ3) is 3.72. The van der Waals surface area contributed by atoms with Crippen LogP contribution in [-0.2, 0) is 9.59 Å². The maximum atomic E-state index is 12.1. The highest BCUT2D eigenvalue weighted by Gasteiger charge is 2.31. The van der Waals surface area contributed by atoms with Gasteiger partial charge in [-0.15, -0.1) is 0 Å². The molecule has 0 spiro atoms. The minimum Gasteiger partial charge on any atom is -0.480 e. The van der Waals surface area contributed by atoms with E-state index in [2.05, 4.69) is 12.2 Å². The highest BCUT2D eigenvalue weighted by atomic mass is 16.4. The molecule has 1 aliphatic carbocycles. The zero-order valence-corrected chi connectivity index (χ0v) is 10.9. The molecule has 17 heavy (non-hydrogen) atoms.